The van der Waals surface area contributed by atoms with Crippen LogP contribution in [-0.2, 0) is 19.9 Å². The molecule has 0 atom stereocenters. The molecule has 3 aromatic rings. The number of hydrogen-bond donors (Lipinski definition) is 2. The van der Waals surface area contributed by atoms with E-state index in [1.807, 2.05) is 0 Å². The number of pyridine rings is 1. The number of amides is 1. The lowest BCUT2D eigenvalue weighted by Gasteiger charge is -2.10. The van der Waals surface area contributed by atoms with Crippen LogP contribution in [0.15, 0.2) is 34.3 Å². The van der Waals surface area contributed by atoms with Crippen LogP contribution in [0.1, 0.15) is 17.4 Å². The molecule has 3 N–H and O–H groups in total. The Morgan fingerprint density at radius 2 is 1.71 bits per heavy atom. The molecule has 0 unspecified atom stereocenters. The van der Waals surface area contributed by atoms with Crippen molar-refractivity contribution >= 4 is 37.4 Å². The van der Waals surface area contributed by atoms with Gasteiger partial charge in [0.05, 0.1) is 26.0 Å². The van der Waals surface area contributed by atoms with Crippen molar-refractivity contribution in [3.8, 4) is 11.8 Å². The van der Waals surface area contributed by atoms with Gasteiger partial charge in [0, 0.05) is 0 Å². The summed E-state index contributed by atoms with van der Waals surface area (Å²) >= 11 is 0. The van der Waals surface area contributed by atoms with E-state index >= 15 is 0 Å². The molecule has 0 saturated carbocycles. The predicted molar refractivity (Wildman–Crippen MR) is 107 cm³/mol. The van der Waals surface area contributed by atoms with Crippen LogP contribution >= 0.6 is 0 Å². The van der Waals surface area contributed by atoms with Gasteiger partial charge in [-0.25, -0.2) is 27.0 Å². The molecule has 0 aliphatic heterocycles. The molecule has 1 amide bonds. The molecule has 0 fully saturated rings. The van der Waals surface area contributed by atoms with Gasteiger partial charge >= 0.3 is 0 Å². The van der Waals surface area contributed by atoms with Gasteiger partial charge in [-0.05, 0) is 12.1 Å². The molecule has 3 rings (SSSR count). The number of methoxy groups -OCH3 is 2. The first kappa shape index (κ1) is 22.4. The zero-order chi connectivity index (χ0) is 23.0. The summed E-state index contributed by atoms with van der Waals surface area (Å²) in [4.78, 5) is 24.8. The maximum atomic E-state index is 12.9. The number of carbonyl (C=O) groups excluding carboxylic acids is 1. The van der Waals surface area contributed by atoms with Crippen LogP contribution in [0.4, 0.5) is 5.95 Å². The number of ether oxygens (including phenoxy) is 2. The fraction of sp³-hybridized carbons (Fsp3) is 0.250. The summed E-state index contributed by atoms with van der Waals surface area (Å²) < 4.78 is 60.2. The van der Waals surface area contributed by atoms with Crippen LogP contribution in [0.25, 0.3) is 5.65 Å². The summed E-state index contributed by atoms with van der Waals surface area (Å²) in [7, 11) is -5.95. The Balaban J connectivity index is 2.21. The molecule has 13 nitrogen and oxygen atoms in total. The summed E-state index contributed by atoms with van der Waals surface area (Å²) in [6, 6.07) is 5.39. The van der Waals surface area contributed by atoms with Crippen LogP contribution in [0, 0.1) is 0 Å². The number of rotatable bonds is 7. The molecule has 15 heteroatoms. The second kappa shape index (κ2) is 8.09. The molecule has 0 bridgehead atoms. The van der Waals surface area contributed by atoms with Crippen molar-refractivity contribution < 1.29 is 31.1 Å². The fourth-order valence-electron chi connectivity index (χ4n) is 2.65. The van der Waals surface area contributed by atoms with E-state index in [0.717, 1.165) is 4.40 Å². The van der Waals surface area contributed by atoms with E-state index in [2.05, 4.69) is 20.3 Å². The minimum atomic E-state index is -4.59. The topological polar surface area (TPSA) is 185 Å². The predicted octanol–water partition coefficient (Wildman–Crippen LogP) is -0.165. The molecule has 0 aromatic carbocycles. The van der Waals surface area contributed by atoms with Gasteiger partial charge in [0.1, 0.15) is 11.3 Å². The molecule has 166 valence electrons. The number of hydrogen-bond acceptors (Lipinski definition) is 10. The van der Waals surface area contributed by atoms with E-state index in [-0.39, 0.29) is 29.0 Å². The molecule has 3 heterocycles. The second-order valence-electron chi connectivity index (χ2n) is 6.01. The number of nitrogens with zero attached hydrogens (tertiary/aromatic N) is 4. The van der Waals surface area contributed by atoms with Crippen molar-refractivity contribution in [2.45, 2.75) is 17.0 Å². The summed E-state index contributed by atoms with van der Waals surface area (Å²) in [5, 5.41) is 6.10. The quantitative estimate of drug-likeness (QED) is 0.470. The average molecular weight is 470 g/mol. The second-order valence-corrected chi connectivity index (χ2v) is 9.68. The first-order chi connectivity index (χ1) is 14.5. The minimum Gasteiger partial charge on any atom is -0.481 e. The Labute approximate surface area is 177 Å². The maximum Gasteiger partial charge on any atom is 0.275 e. The lowest BCUT2D eigenvalue weighted by Crippen LogP contribution is -2.23. The largest absolute Gasteiger partial charge is 0.481 e. The maximum absolute atomic E-state index is 12.9. The third kappa shape index (κ3) is 4.28. The van der Waals surface area contributed by atoms with Crippen molar-refractivity contribution in [3.05, 3.63) is 30.0 Å². The van der Waals surface area contributed by atoms with Gasteiger partial charge in [0.15, 0.2) is 19.9 Å². The molecule has 0 spiro atoms. The summed E-state index contributed by atoms with van der Waals surface area (Å²) in [6.45, 7) is 1.33. The fourth-order valence-corrected chi connectivity index (χ4v) is 4.97. The van der Waals surface area contributed by atoms with Gasteiger partial charge < -0.3 is 9.47 Å². The SMILES string of the molecule is CCS(=O)(=O)c1nc2cccc(C(=O)Nc3nc(OC)cc(OC)n3)n2c1S(N)(=O)=O. The smallest absolute Gasteiger partial charge is 0.275 e. The number of aromatic nitrogens is 4. The first-order valence-corrected chi connectivity index (χ1v) is 11.8. The number of nitrogens with one attached hydrogen (secondary N) is 1. The van der Waals surface area contributed by atoms with Gasteiger partial charge in [-0.1, -0.05) is 13.0 Å². The van der Waals surface area contributed by atoms with E-state index in [9.17, 15) is 21.6 Å². The van der Waals surface area contributed by atoms with E-state index in [1.54, 1.807) is 0 Å². The van der Waals surface area contributed by atoms with Crippen LogP contribution < -0.4 is 19.9 Å². The van der Waals surface area contributed by atoms with Crippen molar-refractivity contribution in [3.63, 3.8) is 0 Å². The monoisotopic (exact) mass is 470 g/mol. The van der Waals surface area contributed by atoms with E-state index < -0.39 is 41.6 Å². The highest BCUT2D eigenvalue weighted by Gasteiger charge is 2.32. The van der Waals surface area contributed by atoms with Gasteiger partial charge in [-0.3, -0.25) is 14.5 Å². The number of carbonyl (C=O) groups is 1. The van der Waals surface area contributed by atoms with Gasteiger partial charge in [0.2, 0.25) is 17.7 Å². The zero-order valence-electron chi connectivity index (χ0n) is 16.6. The number of nitrogens with two attached hydrogens (primary N) is 1. The van der Waals surface area contributed by atoms with E-state index in [4.69, 9.17) is 14.6 Å². The Kier molecular flexibility index (Phi) is 5.84. The highest BCUT2D eigenvalue weighted by atomic mass is 32.2. The molecule has 0 saturated heterocycles. The highest BCUT2D eigenvalue weighted by molar-refractivity contribution is 7.93. The third-order valence-electron chi connectivity index (χ3n) is 4.07. The van der Waals surface area contributed by atoms with Gasteiger partial charge in [-0.2, -0.15) is 9.97 Å². The molecular formula is C16H18N6O7S2. The molecule has 0 aliphatic carbocycles. The van der Waals surface area contributed by atoms with Gasteiger partial charge in [0.25, 0.3) is 15.9 Å². The average Bonchev–Trinajstić information content (AvgIpc) is 3.14. The van der Waals surface area contributed by atoms with Gasteiger partial charge in [-0.15, -0.1) is 0 Å². The van der Waals surface area contributed by atoms with Crippen molar-refractivity contribution in [2.24, 2.45) is 5.14 Å². The highest BCUT2D eigenvalue weighted by Crippen LogP contribution is 2.25. The number of anilines is 1. The van der Waals surface area contributed by atoms with Crippen LogP contribution in [0.2, 0.25) is 0 Å². The normalized spacial score (nSPS) is 12.0. The zero-order valence-corrected chi connectivity index (χ0v) is 18.2. The Hall–Kier alpha value is -3.30. The molecule has 0 radical (unpaired) electrons. The lowest BCUT2D eigenvalue weighted by molar-refractivity contribution is 0.101. The summed E-state index contributed by atoms with van der Waals surface area (Å²) in [5.74, 6) is -1.27. The van der Waals surface area contributed by atoms with Crippen LogP contribution in [0.3, 0.4) is 0 Å². The van der Waals surface area contributed by atoms with Crippen molar-refractivity contribution in [2.75, 3.05) is 25.3 Å². The number of primary sulfonamides is 1. The Morgan fingerprint density at radius 1 is 1.10 bits per heavy atom. The molecule has 3 aromatic heterocycles. The van der Waals surface area contributed by atoms with Crippen molar-refractivity contribution in [1.82, 2.24) is 19.4 Å². The molecule has 31 heavy (non-hydrogen) atoms. The number of fused-ring (bicyclic) bond motifs is 1. The van der Waals surface area contributed by atoms with E-state index in [0.29, 0.717) is 0 Å². The number of sulfone groups is 1. The minimum absolute atomic E-state index is 0.101. The van der Waals surface area contributed by atoms with Crippen molar-refractivity contribution in [1.29, 1.82) is 0 Å². The number of sulfonamides is 1. The third-order valence-corrected chi connectivity index (χ3v) is 6.75. The number of imidazole rings is 1. The lowest BCUT2D eigenvalue weighted by atomic mass is 10.3. The Bertz CT molecular complexity index is 1360. The molecular weight excluding hydrogens is 452 g/mol. The standard InChI is InChI=1S/C16H18N6O7S2/c1-4-30(24,25)14-15(31(17,26)27)22-9(6-5-7-10(22)18-14)13(23)21-16-19-11(28-2)8-12(20-16)29-3/h5-8H,4H2,1-3H3,(H2,17,26,27)(H,19,20,21,23). The van der Waals surface area contributed by atoms with Crippen LogP contribution in [0.5, 0.6) is 11.8 Å². The van der Waals surface area contributed by atoms with Crippen LogP contribution in [-0.4, -0.2) is 62.1 Å². The Morgan fingerprint density at radius 3 is 2.23 bits per heavy atom. The van der Waals surface area contributed by atoms with E-state index in [1.165, 1.54) is 45.4 Å². The summed E-state index contributed by atoms with van der Waals surface area (Å²) in [5.41, 5.74) is -0.371. The first-order valence-electron chi connectivity index (χ1n) is 8.57. The molecule has 0 aliphatic rings. The summed E-state index contributed by atoms with van der Waals surface area (Å²) in [6.07, 6.45) is 0.